The molecule has 0 saturated heterocycles. The molecule has 2 N–H and O–H groups in total. The number of guanidine groups is 1. The van der Waals surface area contributed by atoms with E-state index in [0.29, 0.717) is 31.6 Å². The summed E-state index contributed by atoms with van der Waals surface area (Å²) < 4.78 is 4.06. The minimum Gasteiger partial charge on any atom is -0.353 e. The average Bonchev–Trinajstić information content (AvgIpc) is 3.38. The fourth-order valence-corrected chi connectivity index (χ4v) is 3.10. The second kappa shape index (κ2) is 10.4. The van der Waals surface area contributed by atoms with Crippen LogP contribution in [0, 0.1) is 6.92 Å². The Morgan fingerprint density at radius 1 is 1.33 bits per heavy atom. The summed E-state index contributed by atoms with van der Waals surface area (Å²) >= 11 is 0. The van der Waals surface area contributed by atoms with Crippen molar-refractivity contribution in [2.75, 3.05) is 6.54 Å². The van der Waals surface area contributed by atoms with Crippen LogP contribution in [0.2, 0.25) is 0 Å². The van der Waals surface area contributed by atoms with Crippen molar-refractivity contribution in [1.82, 2.24) is 35.2 Å². The van der Waals surface area contributed by atoms with Crippen molar-refractivity contribution in [2.45, 2.75) is 51.7 Å². The van der Waals surface area contributed by atoms with Gasteiger partial charge >= 0.3 is 0 Å². The van der Waals surface area contributed by atoms with Gasteiger partial charge in [0.05, 0.1) is 24.8 Å². The van der Waals surface area contributed by atoms with Crippen LogP contribution in [0.5, 0.6) is 0 Å². The molecule has 0 aromatic carbocycles. The summed E-state index contributed by atoms with van der Waals surface area (Å²) in [5.41, 5.74) is 0.978. The predicted octanol–water partition coefficient (Wildman–Crippen LogP) is 2.47. The highest BCUT2D eigenvalue weighted by atomic mass is 127. The first-order valence-electron chi connectivity index (χ1n) is 9.19. The van der Waals surface area contributed by atoms with Crippen molar-refractivity contribution in [1.29, 1.82) is 0 Å². The molecule has 0 unspecified atom stereocenters. The second-order valence-corrected chi connectivity index (χ2v) is 6.64. The Kier molecular flexibility index (Phi) is 8.26. The normalized spacial score (nSPS) is 14.8. The summed E-state index contributed by atoms with van der Waals surface area (Å²) in [6, 6.07) is 2.61. The lowest BCUT2D eigenvalue weighted by Gasteiger charge is -2.11. The minimum atomic E-state index is 0. The zero-order chi connectivity index (χ0) is 18.4. The average molecular weight is 484 g/mol. The van der Waals surface area contributed by atoms with Gasteiger partial charge < -0.3 is 15.2 Å². The number of hydrogen-bond donors (Lipinski definition) is 2. The Morgan fingerprint density at radius 2 is 2.11 bits per heavy atom. The highest BCUT2D eigenvalue weighted by Crippen LogP contribution is 2.28. The van der Waals surface area contributed by atoms with Crippen molar-refractivity contribution in [3.8, 4) is 0 Å². The van der Waals surface area contributed by atoms with E-state index in [2.05, 4.69) is 54.4 Å². The van der Waals surface area contributed by atoms with Gasteiger partial charge in [-0.05, 0) is 25.8 Å². The molecule has 1 aliphatic carbocycles. The number of aryl methyl sites for hydroxylation is 1. The maximum Gasteiger partial charge on any atom is 0.192 e. The lowest BCUT2D eigenvalue weighted by Crippen LogP contribution is -2.37. The number of nitrogens with one attached hydrogen (secondary N) is 2. The highest BCUT2D eigenvalue weighted by molar-refractivity contribution is 14.0. The molecule has 0 aliphatic heterocycles. The van der Waals surface area contributed by atoms with Gasteiger partial charge in [-0.2, -0.15) is 5.10 Å². The SMILES string of the molecule is C=CCNC(=NCc1ccn(C2CCCC2)n1)NCc1nnc(C)n1C.I. The number of hydrogen-bond acceptors (Lipinski definition) is 4. The molecule has 9 heteroatoms. The number of halogens is 1. The molecule has 0 bridgehead atoms. The van der Waals surface area contributed by atoms with E-state index in [9.17, 15) is 0 Å². The molecule has 1 saturated carbocycles. The van der Waals surface area contributed by atoms with Gasteiger partial charge in [0.25, 0.3) is 0 Å². The van der Waals surface area contributed by atoms with Crippen molar-refractivity contribution in [3.63, 3.8) is 0 Å². The second-order valence-electron chi connectivity index (χ2n) is 6.64. The third-order valence-electron chi connectivity index (χ3n) is 4.77. The molecule has 0 spiro atoms. The summed E-state index contributed by atoms with van der Waals surface area (Å²) in [7, 11) is 1.95. The number of nitrogens with zero attached hydrogens (tertiary/aromatic N) is 6. The fraction of sp³-hybridized carbons (Fsp3) is 0.556. The van der Waals surface area contributed by atoms with Gasteiger partial charge in [0.1, 0.15) is 5.82 Å². The van der Waals surface area contributed by atoms with Crippen LogP contribution in [0.3, 0.4) is 0 Å². The van der Waals surface area contributed by atoms with Gasteiger partial charge in [-0.1, -0.05) is 18.9 Å². The van der Waals surface area contributed by atoms with Gasteiger partial charge in [0, 0.05) is 19.8 Å². The molecule has 148 valence electrons. The highest BCUT2D eigenvalue weighted by Gasteiger charge is 2.17. The molecule has 2 aromatic rings. The first kappa shape index (κ1) is 21.4. The number of rotatable bonds is 7. The van der Waals surface area contributed by atoms with Gasteiger partial charge in [-0.15, -0.1) is 40.8 Å². The molecular formula is C18H29IN8. The van der Waals surface area contributed by atoms with E-state index in [1.165, 1.54) is 25.7 Å². The Labute approximate surface area is 177 Å². The molecule has 1 fully saturated rings. The van der Waals surface area contributed by atoms with Crippen LogP contribution in [-0.4, -0.2) is 37.0 Å². The van der Waals surface area contributed by atoms with E-state index in [0.717, 1.165) is 17.3 Å². The van der Waals surface area contributed by atoms with Gasteiger partial charge in [-0.3, -0.25) is 4.68 Å². The van der Waals surface area contributed by atoms with Crippen LogP contribution in [0.4, 0.5) is 0 Å². The zero-order valence-electron chi connectivity index (χ0n) is 16.1. The van der Waals surface area contributed by atoms with E-state index in [1.54, 1.807) is 6.08 Å². The Hall–Kier alpha value is -1.91. The van der Waals surface area contributed by atoms with E-state index in [-0.39, 0.29) is 24.0 Å². The summed E-state index contributed by atoms with van der Waals surface area (Å²) in [6.45, 7) is 7.40. The van der Waals surface area contributed by atoms with Crippen LogP contribution < -0.4 is 10.6 Å². The lowest BCUT2D eigenvalue weighted by molar-refractivity contribution is 0.463. The predicted molar refractivity (Wildman–Crippen MR) is 117 cm³/mol. The maximum absolute atomic E-state index is 4.69. The summed E-state index contributed by atoms with van der Waals surface area (Å²) in [6.07, 6.45) is 8.95. The molecule has 0 amide bonds. The van der Waals surface area contributed by atoms with Crippen LogP contribution in [0.1, 0.15) is 49.1 Å². The smallest absolute Gasteiger partial charge is 0.192 e. The summed E-state index contributed by atoms with van der Waals surface area (Å²) in [4.78, 5) is 4.64. The molecule has 0 atom stereocenters. The summed E-state index contributed by atoms with van der Waals surface area (Å²) in [5, 5.41) is 19.4. The molecule has 2 heterocycles. The van der Waals surface area contributed by atoms with Gasteiger partial charge in [0.2, 0.25) is 0 Å². The number of aliphatic imine (C=N–C) groups is 1. The third kappa shape index (κ3) is 5.78. The molecule has 8 nitrogen and oxygen atoms in total. The van der Waals surface area contributed by atoms with Crippen molar-refractivity contribution in [2.24, 2.45) is 12.0 Å². The molecule has 2 aromatic heterocycles. The van der Waals surface area contributed by atoms with Gasteiger partial charge in [0.15, 0.2) is 11.8 Å². The first-order valence-corrected chi connectivity index (χ1v) is 9.19. The third-order valence-corrected chi connectivity index (χ3v) is 4.77. The van der Waals surface area contributed by atoms with E-state index < -0.39 is 0 Å². The number of aromatic nitrogens is 5. The van der Waals surface area contributed by atoms with Crippen molar-refractivity contribution < 1.29 is 0 Å². The molecule has 0 radical (unpaired) electrons. The van der Waals surface area contributed by atoms with Gasteiger partial charge in [-0.25, -0.2) is 4.99 Å². The molecule has 27 heavy (non-hydrogen) atoms. The van der Waals surface area contributed by atoms with Crippen LogP contribution in [0.15, 0.2) is 29.9 Å². The zero-order valence-corrected chi connectivity index (χ0v) is 18.4. The van der Waals surface area contributed by atoms with E-state index >= 15 is 0 Å². The van der Waals surface area contributed by atoms with Crippen molar-refractivity contribution >= 4 is 29.9 Å². The van der Waals surface area contributed by atoms with Crippen LogP contribution >= 0.6 is 24.0 Å². The minimum absolute atomic E-state index is 0. The van der Waals surface area contributed by atoms with E-state index in [4.69, 9.17) is 0 Å². The van der Waals surface area contributed by atoms with Crippen LogP contribution in [0.25, 0.3) is 0 Å². The molecular weight excluding hydrogens is 455 g/mol. The van der Waals surface area contributed by atoms with E-state index in [1.807, 2.05) is 18.5 Å². The largest absolute Gasteiger partial charge is 0.353 e. The quantitative estimate of drug-likeness (QED) is 0.273. The Balaban J connectivity index is 0.00000261. The van der Waals surface area contributed by atoms with Crippen LogP contribution in [-0.2, 0) is 20.1 Å². The Bertz CT molecular complexity index is 757. The fourth-order valence-electron chi connectivity index (χ4n) is 3.10. The monoisotopic (exact) mass is 484 g/mol. The van der Waals surface area contributed by atoms with Crippen molar-refractivity contribution in [3.05, 3.63) is 42.3 Å². The molecule has 3 rings (SSSR count). The summed E-state index contributed by atoms with van der Waals surface area (Å²) in [5.74, 6) is 2.46. The maximum atomic E-state index is 4.69. The molecule has 1 aliphatic rings. The standard InChI is InChI=1S/C18H28N8.HI/c1-4-10-19-18(21-13-17-23-22-14(2)25(17)3)20-12-15-9-11-26(24-15)16-7-5-6-8-16;/h4,9,11,16H,1,5-8,10,12-13H2,2-3H3,(H2,19,20,21);1H. The first-order chi connectivity index (χ1) is 12.7. The lowest BCUT2D eigenvalue weighted by atomic mass is 10.3. The topological polar surface area (TPSA) is 84.9 Å². The Morgan fingerprint density at radius 3 is 2.78 bits per heavy atom.